The van der Waals surface area contributed by atoms with Crippen LogP contribution in [-0.2, 0) is 12.7 Å². The quantitative estimate of drug-likeness (QED) is 0.610. The Kier molecular flexibility index (Phi) is 6.51. The summed E-state index contributed by atoms with van der Waals surface area (Å²) >= 11 is 0. The molecular weight excluding hydrogens is 398 g/mol. The minimum atomic E-state index is -4.55. The zero-order chi connectivity index (χ0) is 19.8. The van der Waals surface area contributed by atoms with Gasteiger partial charge in [0.05, 0.1) is 35.2 Å². The predicted molar refractivity (Wildman–Crippen MR) is 102 cm³/mol. The lowest BCUT2D eigenvalue weighted by Crippen LogP contribution is -2.08. The summed E-state index contributed by atoms with van der Waals surface area (Å²) in [4.78, 5) is 4.24. The maximum Gasteiger partial charge on any atom is 0.416 e. The van der Waals surface area contributed by atoms with Gasteiger partial charge in [-0.3, -0.25) is 4.68 Å². The molecular formula is C18H20ClF4N5. The van der Waals surface area contributed by atoms with E-state index in [1.165, 1.54) is 23.2 Å². The van der Waals surface area contributed by atoms with E-state index in [4.69, 9.17) is 5.73 Å². The molecule has 0 saturated carbocycles. The van der Waals surface area contributed by atoms with E-state index in [0.29, 0.717) is 16.8 Å². The van der Waals surface area contributed by atoms with Gasteiger partial charge in [0.25, 0.3) is 0 Å². The summed E-state index contributed by atoms with van der Waals surface area (Å²) in [7, 11) is 0. The van der Waals surface area contributed by atoms with Gasteiger partial charge in [-0.25, -0.2) is 9.37 Å². The number of hydrogen-bond donors (Lipinski definition) is 1. The maximum atomic E-state index is 13.9. The van der Waals surface area contributed by atoms with Crippen LogP contribution in [0.3, 0.4) is 0 Å². The average Bonchev–Trinajstić information content (AvgIpc) is 3.21. The molecule has 28 heavy (non-hydrogen) atoms. The van der Waals surface area contributed by atoms with E-state index in [0.717, 1.165) is 12.1 Å². The van der Waals surface area contributed by atoms with Crippen molar-refractivity contribution in [3.63, 3.8) is 0 Å². The van der Waals surface area contributed by atoms with E-state index >= 15 is 0 Å². The predicted octanol–water partition coefficient (Wildman–Crippen LogP) is 4.73. The summed E-state index contributed by atoms with van der Waals surface area (Å²) in [5.74, 6) is -0.539. The van der Waals surface area contributed by atoms with Gasteiger partial charge in [0, 0.05) is 24.3 Å². The van der Waals surface area contributed by atoms with Gasteiger partial charge in [-0.2, -0.15) is 18.3 Å². The number of allylic oxidation sites excluding steroid dienone is 1. The number of nitrogens with zero attached hydrogens (tertiary/aromatic N) is 4. The number of imidazole rings is 1. The first-order valence-electron chi connectivity index (χ1n) is 8.37. The summed E-state index contributed by atoms with van der Waals surface area (Å²) in [6.07, 6.45) is -0.517. The molecule has 0 fully saturated rings. The Balaban J connectivity index is 0.00000280. The monoisotopic (exact) mass is 417 g/mol. The fraction of sp³-hybridized carbons (Fsp3) is 0.333. The van der Waals surface area contributed by atoms with E-state index in [1.54, 1.807) is 10.7 Å². The molecule has 5 nitrogen and oxygen atoms in total. The highest BCUT2D eigenvalue weighted by Gasteiger charge is 2.32. The number of benzene rings is 1. The van der Waals surface area contributed by atoms with Crippen LogP contribution in [0.4, 0.5) is 17.6 Å². The minimum Gasteiger partial charge on any atom is -0.327 e. The Bertz CT molecular complexity index is 988. The Morgan fingerprint density at radius 1 is 1.29 bits per heavy atom. The first-order valence-corrected chi connectivity index (χ1v) is 8.37. The molecule has 0 atom stereocenters. The van der Waals surface area contributed by atoms with Gasteiger partial charge in [0.1, 0.15) is 5.83 Å². The molecule has 0 aliphatic heterocycles. The summed E-state index contributed by atoms with van der Waals surface area (Å²) in [5.41, 5.74) is 5.82. The number of alkyl halides is 3. The van der Waals surface area contributed by atoms with Gasteiger partial charge >= 0.3 is 6.18 Å². The average molecular weight is 418 g/mol. The molecule has 0 aliphatic rings. The van der Waals surface area contributed by atoms with Gasteiger partial charge in [-0.15, -0.1) is 12.4 Å². The second-order valence-electron chi connectivity index (χ2n) is 6.40. The fourth-order valence-corrected chi connectivity index (χ4v) is 2.94. The highest BCUT2D eigenvalue weighted by atomic mass is 35.5. The molecule has 0 saturated heterocycles. The van der Waals surface area contributed by atoms with E-state index < -0.39 is 17.6 Å². The maximum absolute atomic E-state index is 13.9. The highest BCUT2D eigenvalue weighted by molar-refractivity contribution is 5.92. The highest BCUT2D eigenvalue weighted by Crippen LogP contribution is 2.37. The van der Waals surface area contributed by atoms with Crippen molar-refractivity contribution >= 4 is 23.4 Å². The van der Waals surface area contributed by atoms with Gasteiger partial charge in [0.15, 0.2) is 0 Å². The van der Waals surface area contributed by atoms with Gasteiger partial charge < -0.3 is 10.3 Å². The summed E-state index contributed by atoms with van der Waals surface area (Å²) in [6, 6.07) is 3.63. The number of fused-ring (bicyclic) bond motifs is 1. The second kappa shape index (κ2) is 8.32. The third-order valence-electron chi connectivity index (χ3n) is 4.15. The van der Waals surface area contributed by atoms with Crippen molar-refractivity contribution in [1.29, 1.82) is 0 Å². The third-order valence-corrected chi connectivity index (χ3v) is 4.15. The van der Waals surface area contributed by atoms with Crippen LogP contribution in [0.25, 0.3) is 22.3 Å². The molecule has 2 aromatic heterocycles. The second-order valence-corrected chi connectivity index (χ2v) is 6.40. The molecule has 0 aliphatic carbocycles. The molecule has 2 N–H and O–H groups in total. The van der Waals surface area contributed by atoms with Crippen LogP contribution in [0.1, 0.15) is 25.5 Å². The molecule has 152 valence electrons. The molecule has 0 radical (unpaired) electrons. The van der Waals surface area contributed by atoms with Crippen molar-refractivity contribution in [2.24, 2.45) is 5.73 Å². The number of hydrogen-bond acceptors (Lipinski definition) is 3. The summed E-state index contributed by atoms with van der Waals surface area (Å²) < 4.78 is 57.2. The molecule has 3 aromatic rings. The first kappa shape index (κ1) is 21.9. The van der Waals surface area contributed by atoms with Crippen LogP contribution in [0, 0.1) is 0 Å². The smallest absolute Gasteiger partial charge is 0.327 e. The van der Waals surface area contributed by atoms with Crippen LogP contribution >= 0.6 is 12.4 Å². The SMILES string of the molecule is CC(C)n1nccc1-c1cc(C(F)(F)F)cc2c1ncn2C/C(F)=C/CN.Cl. The van der Waals surface area contributed by atoms with Crippen LogP contribution < -0.4 is 5.73 Å². The van der Waals surface area contributed by atoms with Crippen molar-refractivity contribution < 1.29 is 17.6 Å². The van der Waals surface area contributed by atoms with Crippen LogP contribution in [0.5, 0.6) is 0 Å². The number of aromatic nitrogens is 4. The number of nitrogens with two attached hydrogens (primary N) is 1. The molecule has 0 unspecified atom stereocenters. The first-order chi connectivity index (χ1) is 12.7. The molecule has 0 bridgehead atoms. The number of rotatable bonds is 5. The largest absolute Gasteiger partial charge is 0.416 e. The van der Waals surface area contributed by atoms with E-state index in [1.807, 2.05) is 13.8 Å². The van der Waals surface area contributed by atoms with E-state index in [2.05, 4.69) is 10.1 Å². The van der Waals surface area contributed by atoms with Crippen molar-refractivity contribution in [3.05, 3.63) is 48.2 Å². The van der Waals surface area contributed by atoms with Crippen molar-refractivity contribution in [2.75, 3.05) is 6.54 Å². The van der Waals surface area contributed by atoms with Gasteiger partial charge in [-0.1, -0.05) is 0 Å². The van der Waals surface area contributed by atoms with Crippen molar-refractivity contribution in [2.45, 2.75) is 32.6 Å². The van der Waals surface area contributed by atoms with Crippen molar-refractivity contribution in [3.8, 4) is 11.3 Å². The molecule has 1 aromatic carbocycles. The summed E-state index contributed by atoms with van der Waals surface area (Å²) in [5, 5.41) is 4.19. The lowest BCUT2D eigenvalue weighted by atomic mass is 10.0. The molecule has 0 amide bonds. The lowest BCUT2D eigenvalue weighted by Gasteiger charge is -2.14. The summed E-state index contributed by atoms with van der Waals surface area (Å²) in [6.45, 7) is 3.53. The van der Waals surface area contributed by atoms with E-state index in [9.17, 15) is 17.6 Å². The van der Waals surface area contributed by atoms with Crippen LogP contribution in [0.2, 0.25) is 0 Å². The van der Waals surface area contributed by atoms with Crippen LogP contribution in [0.15, 0.2) is 42.6 Å². The molecule has 0 spiro atoms. The zero-order valence-corrected chi connectivity index (χ0v) is 16.1. The van der Waals surface area contributed by atoms with Crippen molar-refractivity contribution in [1.82, 2.24) is 19.3 Å². The number of halogens is 5. The molecule has 2 heterocycles. The minimum absolute atomic E-state index is 0. The fourth-order valence-electron chi connectivity index (χ4n) is 2.94. The lowest BCUT2D eigenvalue weighted by molar-refractivity contribution is -0.137. The molecule has 10 heteroatoms. The zero-order valence-electron chi connectivity index (χ0n) is 15.2. The normalized spacial score (nSPS) is 12.6. The Morgan fingerprint density at radius 3 is 2.61 bits per heavy atom. The topological polar surface area (TPSA) is 61.7 Å². The van der Waals surface area contributed by atoms with Gasteiger partial charge in [0.2, 0.25) is 0 Å². The Labute approximate surface area is 165 Å². The van der Waals surface area contributed by atoms with E-state index in [-0.39, 0.29) is 37.1 Å². The molecule has 3 rings (SSSR count). The standard InChI is InChI=1S/C18H19F4N5.ClH/c1-11(2)27-15(4-6-25-27)14-7-12(18(20,21)22)8-16-17(14)24-10-26(16)9-13(19)3-5-23;/h3-4,6-8,10-11H,5,9,23H2,1-2H3;1H/b13-3-;. The Hall–Kier alpha value is -2.39. The van der Waals surface area contributed by atoms with Crippen LogP contribution in [-0.4, -0.2) is 25.9 Å². The van der Waals surface area contributed by atoms with Gasteiger partial charge in [-0.05, 0) is 38.1 Å². The Morgan fingerprint density at radius 2 is 2.00 bits per heavy atom. The third kappa shape index (κ3) is 4.20.